The molecule has 6 rings (SSSR count). The Morgan fingerprint density at radius 2 is 1.40 bits per heavy atom. The minimum absolute atomic E-state index is 0.0786. The van der Waals surface area contributed by atoms with Gasteiger partial charge in [0.2, 0.25) is 0 Å². The van der Waals surface area contributed by atoms with Gasteiger partial charge in [-0.3, -0.25) is 9.59 Å². The topological polar surface area (TPSA) is 104 Å². The Morgan fingerprint density at radius 3 is 2.02 bits per heavy atom. The number of sulfonamides is 1. The molecule has 9 heteroatoms. The first-order valence-corrected chi connectivity index (χ1v) is 16.0. The van der Waals surface area contributed by atoms with E-state index < -0.39 is 28.0 Å². The van der Waals surface area contributed by atoms with Gasteiger partial charge in [0, 0.05) is 23.4 Å². The number of benzene rings is 3. The summed E-state index contributed by atoms with van der Waals surface area (Å²) in [7, 11) is -4.57. The van der Waals surface area contributed by atoms with Crippen molar-refractivity contribution in [1.29, 1.82) is 0 Å². The summed E-state index contributed by atoms with van der Waals surface area (Å²) >= 11 is 0. The highest BCUT2D eigenvalue weighted by Crippen LogP contribution is 2.39. The second kappa shape index (κ2) is 11.6. The lowest BCUT2D eigenvalue weighted by Gasteiger charge is -2.24. The van der Waals surface area contributed by atoms with E-state index in [1.165, 1.54) is 29.3 Å². The molecule has 0 radical (unpaired) electrons. The minimum atomic E-state index is -4.57. The standard InChI is InChI=1S/C33H33N3O5S/c37-31(23-10-3-1-4-11-23)35-20-9-16-27(35)19-21-42(40,41)36(32(38)24-12-5-2-6-13-24)33(39)34-30-28-17-7-14-25(28)22-26-15-8-18-29(26)30/h1-6,10-13,19,21-22,27H,7-9,14-18,20H2,(H,34,39)/b21-19+/t27-/m1/s1. The molecule has 42 heavy (non-hydrogen) atoms. The van der Waals surface area contributed by atoms with Crippen molar-refractivity contribution < 1.29 is 22.8 Å². The highest BCUT2D eigenvalue weighted by Gasteiger charge is 2.36. The number of carbonyl (C=O) groups excluding carboxylic acids is 3. The molecule has 0 aromatic heterocycles. The smallest absolute Gasteiger partial charge is 0.332 e. The van der Waals surface area contributed by atoms with Crippen molar-refractivity contribution in [1.82, 2.24) is 9.21 Å². The van der Waals surface area contributed by atoms with Crippen molar-refractivity contribution in [2.24, 2.45) is 0 Å². The molecular formula is C33H33N3O5S. The number of aryl methyl sites for hydroxylation is 2. The summed E-state index contributed by atoms with van der Waals surface area (Å²) in [4.78, 5) is 42.2. The molecule has 0 unspecified atom stereocenters. The van der Waals surface area contributed by atoms with Crippen LogP contribution in [0.3, 0.4) is 0 Å². The third-order valence-corrected chi connectivity index (χ3v) is 9.74. The number of nitrogens with zero attached hydrogens (tertiary/aromatic N) is 2. The van der Waals surface area contributed by atoms with Crippen LogP contribution in [-0.2, 0) is 35.7 Å². The van der Waals surface area contributed by atoms with Gasteiger partial charge >= 0.3 is 6.03 Å². The predicted octanol–water partition coefficient (Wildman–Crippen LogP) is 5.49. The fraction of sp³-hybridized carbons (Fsp3) is 0.303. The maximum atomic E-state index is 13.8. The van der Waals surface area contributed by atoms with E-state index in [1.807, 2.05) is 6.07 Å². The largest absolute Gasteiger partial charge is 0.343 e. The van der Waals surface area contributed by atoms with Crippen LogP contribution in [0.25, 0.3) is 0 Å². The Hall–Kier alpha value is -4.24. The number of hydrogen-bond acceptors (Lipinski definition) is 5. The molecule has 1 atom stereocenters. The number of fused-ring (bicyclic) bond motifs is 2. The molecule has 3 aliphatic rings. The summed E-state index contributed by atoms with van der Waals surface area (Å²) in [6.07, 6.45) is 8.06. The van der Waals surface area contributed by atoms with Gasteiger partial charge in [-0.05, 0) is 104 Å². The van der Waals surface area contributed by atoms with E-state index in [0.717, 1.165) is 55.1 Å². The van der Waals surface area contributed by atoms with Gasteiger partial charge in [0.25, 0.3) is 21.8 Å². The maximum absolute atomic E-state index is 13.8. The van der Waals surface area contributed by atoms with Crippen LogP contribution in [0, 0.1) is 0 Å². The number of amides is 4. The summed E-state index contributed by atoms with van der Waals surface area (Å²) in [5.74, 6) is -1.13. The molecule has 2 aliphatic carbocycles. The van der Waals surface area contributed by atoms with Crippen LogP contribution in [0.1, 0.15) is 68.7 Å². The van der Waals surface area contributed by atoms with Crippen molar-refractivity contribution in [2.45, 2.75) is 57.4 Å². The van der Waals surface area contributed by atoms with E-state index in [-0.39, 0.29) is 11.5 Å². The monoisotopic (exact) mass is 583 g/mol. The van der Waals surface area contributed by atoms with Crippen LogP contribution < -0.4 is 5.32 Å². The van der Waals surface area contributed by atoms with E-state index in [4.69, 9.17) is 0 Å². The van der Waals surface area contributed by atoms with Gasteiger partial charge in [-0.1, -0.05) is 42.5 Å². The molecule has 1 N–H and O–H groups in total. The van der Waals surface area contributed by atoms with Crippen LogP contribution in [-0.4, -0.2) is 48.1 Å². The van der Waals surface area contributed by atoms with Gasteiger partial charge in [-0.25, -0.2) is 13.2 Å². The number of imide groups is 1. The number of carbonyl (C=O) groups is 3. The van der Waals surface area contributed by atoms with Crippen molar-refractivity contribution >= 4 is 33.6 Å². The Kier molecular flexibility index (Phi) is 7.68. The Balaban J connectivity index is 1.32. The lowest BCUT2D eigenvalue weighted by Crippen LogP contribution is -2.44. The Labute approximate surface area is 246 Å². The number of anilines is 1. The lowest BCUT2D eigenvalue weighted by atomic mass is 9.99. The zero-order valence-corrected chi connectivity index (χ0v) is 24.1. The van der Waals surface area contributed by atoms with E-state index in [1.54, 1.807) is 47.4 Å². The first-order chi connectivity index (χ1) is 20.3. The summed E-state index contributed by atoms with van der Waals surface area (Å²) < 4.78 is 27.9. The zero-order chi connectivity index (χ0) is 29.3. The van der Waals surface area contributed by atoms with Crippen LogP contribution in [0.2, 0.25) is 0 Å². The summed E-state index contributed by atoms with van der Waals surface area (Å²) in [5, 5.41) is 3.76. The predicted molar refractivity (Wildman–Crippen MR) is 161 cm³/mol. The van der Waals surface area contributed by atoms with Gasteiger partial charge in [0.05, 0.1) is 11.4 Å². The average Bonchev–Trinajstić information content (AvgIpc) is 3.77. The third kappa shape index (κ3) is 5.36. The fourth-order valence-corrected chi connectivity index (χ4v) is 7.50. The second-order valence-corrected chi connectivity index (χ2v) is 12.7. The van der Waals surface area contributed by atoms with Crippen molar-refractivity contribution in [3.63, 3.8) is 0 Å². The van der Waals surface area contributed by atoms with E-state index in [0.29, 0.717) is 34.9 Å². The molecule has 1 fully saturated rings. The zero-order valence-electron chi connectivity index (χ0n) is 23.3. The molecule has 1 aliphatic heterocycles. The number of nitrogens with one attached hydrogen (secondary N) is 1. The first-order valence-electron chi connectivity index (χ1n) is 14.5. The molecule has 0 bridgehead atoms. The second-order valence-electron chi connectivity index (χ2n) is 11.0. The Morgan fingerprint density at radius 1 is 0.810 bits per heavy atom. The van der Waals surface area contributed by atoms with Gasteiger partial charge in [-0.2, -0.15) is 0 Å². The van der Waals surface area contributed by atoms with Crippen LogP contribution in [0.5, 0.6) is 0 Å². The van der Waals surface area contributed by atoms with Crippen molar-refractivity contribution in [3.05, 3.63) is 112 Å². The molecule has 0 saturated carbocycles. The lowest BCUT2D eigenvalue weighted by molar-refractivity contribution is 0.0760. The normalized spacial score (nSPS) is 17.7. The Bertz CT molecular complexity index is 1640. The van der Waals surface area contributed by atoms with Crippen LogP contribution in [0.15, 0.2) is 78.2 Å². The first kappa shape index (κ1) is 27.9. The highest BCUT2D eigenvalue weighted by atomic mass is 32.2. The molecule has 1 heterocycles. The summed E-state index contributed by atoms with van der Waals surface area (Å²) in [5.41, 5.74) is 5.68. The molecule has 3 aromatic rings. The number of urea groups is 1. The van der Waals surface area contributed by atoms with Gasteiger partial charge in [-0.15, -0.1) is 4.31 Å². The third-order valence-electron chi connectivity index (χ3n) is 8.40. The summed E-state index contributed by atoms with van der Waals surface area (Å²) in [6.45, 7) is 0.486. The average molecular weight is 584 g/mol. The fourth-order valence-electron chi connectivity index (χ4n) is 6.39. The SMILES string of the molecule is O=C(c1ccccc1)N1CCC[C@@H]1/C=C/S(=O)(=O)N(C(=O)Nc1c2c(cc3c1CCC3)CCC2)C(=O)c1ccccc1. The summed E-state index contributed by atoms with van der Waals surface area (Å²) in [6, 6.07) is 17.5. The number of rotatable bonds is 6. The van der Waals surface area contributed by atoms with Crippen LogP contribution in [0.4, 0.5) is 10.5 Å². The van der Waals surface area contributed by atoms with Crippen LogP contribution >= 0.6 is 0 Å². The molecule has 0 spiro atoms. The molecule has 3 aromatic carbocycles. The number of likely N-dealkylation sites (tertiary alicyclic amines) is 1. The van der Waals surface area contributed by atoms with E-state index in [2.05, 4.69) is 11.4 Å². The molecule has 216 valence electrons. The quantitative estimate of drug-likeness (QED) is 0.414. The highest BCUT2D eigenvalue weighted by molar-refractivity contribution is 7.93. The molecular weight excluding hydrogens is 550 g/mol. The van der Waals surface area contributed by atoms with Crippen molar-refractivity contribution in [2.75, 3.05) is 11.9 Å². The van der Waals surface area contributed by atoms with Crippen molar-refractivity contribution in [3.8, 4) is 0 Å². The van der Waals surface area contributed by atoms with E-state index in [9.17, 15) is 22.8 Å². The van der Waals surface area contributed by atoms with E-state index >= 15 is 0 Å². The number of hydrogen-bond donors (Lipinski definition) is 1. The maximum Gasteiger partial charge on any atom is 0.343 e. The van der Waals surface area contributed by atoms with Gasteiger partial charge in [0.1, 0.15) is 0 Å². The van der Waals surface area contributed by atoms with Gasteiger partial charge in [0.15, 0.2) is 0 Å². The molecule has 8 nitrogen and oxygen atoms in total. The molecule has 1 saturated heterocycles. The van der Waals surface area contributed by atoms with Gasteiger partial charge < -0.3 is 10.2 Å². The minimum Gasteiger partial charge on any atom is -0.332 e. The molecule has 4 amide bonds.